The number of halogens is 1. The Morgan fingerprint density at radius 2 is 2.11 bits per heavy atom. The molecule has 2 rings (SSSR count). The van der Waals surface area contributed by atoms with E-state index in [1.807, 2.05) is 0 Å². The second-order valence-electron chi connectivity index (χ2n) is 4.44. The van der Waals surface area contributed by atoms with Crippen LogP contribution < -0.4 is 4.72 Å². The van der Waals surface area contributed by atoms with Crippen LogP contribution in [0, 0.1) is 0 Å². The molecule has 0 aromatic carbocycles. The largest absolute Gasteiger partial charge is 0.344 e. The van der Waals surface area contributed by atoms with Crippen molar-refractivity contribution in [2.75, 3.05) is 13.6 Å². The van der Waals surface area contributed by atoms with E-state index in [4.69, 9.17) is 0 Å². The van der Waals surface area contributed by atoms with Gasteiger partial charge >= 0.3 is 0 Å². The van der Waals surface area contributed by atoms with Gasteiger partial charge in [0.1, 0.15) is 0 Å². The molecule has 106 valence electrons. The number of carbonyl (C=O) groups is 1. The molecule has 1 fully saturated rings. The average molecular weight is 352 g/mol. The summed E-state index contributed by atoms with van der Waals surface area (Å²) in [5.41, 5.74) is 0. The average Bonchev–Trinajstić information content (AvgIpc) is 2.64. The molecule has 1 unspecified atom stereocenters. The zero-order chi connectivity index (χ0) is 14.2. The molecule has 0 saturated carbocycles. The van der Waals surface area contributed by atoms with E-state index in [0.29, 0.717) is 19.4 Å². The molecule has 2 heterocycles. The van der Waals surface area contributed by atoms with Gasteiger partial charge in [-0.1, -0.05) is 5.21 Å². The second kappa shape index (κ2) is 5.17. The third kappa shape index (κ3) is 2.95. The molecule has 0 radical (unpaired) electrons. The Kier molecular flexibility index (Phi) is 3.92. The summed E-state index contributed by atoms with van der Waals surface area (Å²) in [5.74, 6) is 0.0267. The van der Waals surface area contributed by atoms with Crippen LogP contribution in [0.15, 0.2) is 9.63 Å². The second-order valence-corrected chi connectivity index (χ2v) is 6.82. The number of hydrogen-bond donors (Lipinski definition) is 1. The minimum Gasteiger partial charge on any atom is -0.344 e. The fourth-order valence-corrected chi connectivity index (χ4v) is 4.35. The van der Waals surface area contributed by atoms with Crippen molar-refractivity contribution in [3.05, 3.63) is 4.60 Å². The molecule has 1 saturated heterocycles. The van der Waals surface area contributed by atoms with Crippen LogP contribution in [0.5, 0.6) is 0 Å². The van der Waals surface area contributed by atoms with Crippen molar-refractivity contribution < 1.29 is 13.2 Å². The number of likely N-dealkylation sites (tertiary alicyclic amines) is 1. The number of amides is 1. The number of sulfonamides is 1. The molecule has 10 heteroatoms. The highest BCUT2D eigenvalue weighted by atomic mass is 79.9. The van der Waals surface area contributed by atoms with Gasteiger partial charge in [0.25, 0.3) is 10.0 Å². The fourth-order valence-electron chi connectivity index (χ4n) is 1.99. The number of hydrogen-bond acceptors (Lipinski definition) is 5. The summed E-state index contributed by atoms with van der Waals surface area (Å²) in [6.07, 6.45) is 0.833. The Bertz CT molecular complexity index is 579. The first-order valence-electron chi connectivity index (χ1n) is 5.62. The van der Waals surface area contributed by atoms with E-state index in [1.165, 1.54) is 16.6 Å². The molecule has 1 atom stereocenters. The van der Waals surface area contributed by atoms with E-state index in [9.17, 15) is 13.2 Å². The normalized spacial score (nSPS) is 20.9. The van der Waals surface area contributed by atoms with Crippen LogP contribution in [0.3, 0.4) is 0 Å². The molecule has 8 nitrogen and oxygen atoms in total. The summed E-state index contributed by atoms with van der Waals surface area (Å²) >= 11 is 3.06. The van der Waals surface area contributed by atoms with Gasteiger partial charge in [-0.05, 0) is 22.4 Å². The summed E-state index contributed by atoms with van der Waals surface area (Å²) in [5, 5.41) is 7.27. The number of nitrogens with zero attached hydrogens (tertiary/aromatic N) is 4. The van der Waals surface area contributed by atoms with Gasteiger partial charge in [-0.25, -0.2) is 17.8 Å². The number of aryl methyl sites for hydroxylation is 1. The molecule has 0 bridgehead atoms. The maximum absolute atomic E-state index is 12.2. The third-order valence-electron chi connectivity index (χ3n) is 2.94. The van der Waals surface area contributed by atoms with E-state index < -0.39 is 10.0 Å². The van der Waals surface area contributed by atoms with E-state index in [-0.39, 0.29) is 21.6 Å². The highest BCUT2D eigenvalue weighted by molar-refractivity contribution is 9.10. The first-order valence-corrected chi connectivity index (χ1v) is 7.90. The molecule has 19 heavy (non-hydrogen) atoms. The van der Waals surface area contributed by atoms with Crippen molar-refractivity contribution in [3.63, 3.8) is 0 Å². The van der Waals surface area contributed by atoms with Crippen LogP contribution in [0.1, 0.15) is 12.8 Å². The van der Waals surface area contributed by atoms with Crippen LogP contribution in [-0.2, 0) is 21.9 Å². The van der Waals surface area contributed by atoms with Crippen molar-refractivity contribution in [3.8, 4) is 0 Å². The number of aromatic nitrogens is 3. The molecule has 1 N–H and O–H groups in total. The number of likely N-dealkylation sites (N-methyl/N-ethyl adjacent to an activating group) is 1. The van der Waals surface area contributed by atoms with Crippen LogP contribution in [-0.4, -0.2) is 53.9 Å². The number of rotatable bonds is 3. The third-order valence-corrected chi connectivity index (χ3v) is 5.35. The van der Waals surface area contributed by atoms with E-state index in [1.54, 1.807) is 7.05 Å². The zero-order valence-corrected chi connectivity index (χ0v) is 12.9. The summed E-state index contributed by atoms with van der Waals surface area (Å²) < 4.78 is 28.4. The molecule has 0 aliphatic carbocycles. The maximum atomic E-state index is 12.2. The molecular formula is C9H14BrN5O3S. The molecule has 1 aromatic rings. The minimum atomic E-state index is -3.72. The first kappa shape index (κ1) is 14.4. The quantitative estimate of drug-likeness (QED) is 0.789. The molecular weight excluding hydrogens is 338 g/mol. The van der Waals surface area contributed by atoms with Gasteiger partial charge in [-0.2, -0.15) is 0 Å². The predicted octanol–water partition coefficient (Wildman–Crippen LogP) is -0.523. The Labute approximate surface area is 119 Å². The lowest BCUT2D eigenvalue weighted by atomic mass is 10.1. The fraction of sp³-hybridized carbons (Fsp3) is 0.667. The predicted molar refractivity (Wildman–Crippen MR) is 69.7 cm³/mol. The lowest BCUT2D eigenvalue weighted by molar-refractivity contribution is -0.132. The molecule has 1 aliphatic heterocycles. The topological polar surface area (TPSA) is 97.2 Å². The van der Waals surface area contributed by atoms with Crippen LogP contribution in [0.2, 0.25) is 0 Å². The molecule has 1 aromatic heterocycles. The van der Waals surface area contributed by atoms with Crippen molar-refractivity contribution in [2.45, 2.75) is 23.9 Å². The Balaban J connectivity index is 2.17. The van der Waals surface area contributed by atoms with Crippen LogP contribution in [0.25, 0.3) is 0 Å². The van der Waals surface area contributed by atoms with Crippen molar-refractivity contribution in [1.29, 1.82) is 0 Å². The number of nitrogens with one attached hydrogen (secondary N) is 1. The van der Waals surface area contributed by atoms with E-state index in [2.05, 4.69) is 31.0 Å². The zero-order valence-electron chi connectivity index (χ0n) is 10.5. The Morgan fingerprint density at radius 3 is 2.63 bits per heavy atom. The number of piperidine rings is 1. The standard InChI is InChI=1S/C9H14BrN5O3S/c1-14-5-6(3-4-7(14)16)12-19(17,18)9-8(10)11-13-15(9)2/h6,12H,3-5H2,1-2H3. The van der Waals surface area contributed by atoms with Gasteiger partial charge in [0, 0.05) is 33.1 Å². The van der Waals surface area contributed by atoms with Gasteiger partial charge in [0.05, 0.1) is 0 Å². The van der Waals surface area contributed by atoms with Crippen molar-refractivity contribution in [2.24, 2.45) is 7.05 Å². The van der Waals surface area contributed by atoms with Gasteiger partial charge < -0.3 is 4.90 Å². The van der Waals surface area contributed by atoms with Crippen LogP contribution in [0.4, 0.5) is 0 Å². The van der Waals surface area contributed by atoms with E-state index >= 15 is 0 Å². The summed E-state index contributed by atoms with van der Waals surface area (Å²) in [6.45, 7) is 0.362. The summed E-state index contributed by atoms with van der Waals surface area (Å²) in [6, 6.07) is -0.297. The first-order chi connectivity index (χ1) is 8.81. The van der Waals surface area contributed by atoms with Crippen molar-refractivity contribution >= 4 is 31.9 Å². The Hall–Kier alpha value is -1.00. The smallest absolute Gasteiger partial charge is 0.260 e. The van der Waals surface area contributed by atoms with Gasteiger partial charge in [0.2, 0.25) is 10.9 Å². The van der Waals surface area contributed by atoms with Crippen LogP contribution >= 0.6 is 15.9 Å². The maximum Gasteiger partial charge on any atom is 0.260 e. The lowest BCUT2D eigenvalue weighted by Gasteiger charge is -2.29. The van der Waals surface area contributed by atoms with Crippen molar-refractivity contribution in [1.82, 2.24) is 24.6 Å². The van der Waals surface area contributed by atoms with E-state index in [0.717, 1.165) is 0 Å². The monoisotopic (exact) mass is 351 g/mol. The minimum absolute atomic E-state index is 0.0212. The number of carbonyl (C=O) groups excluding carboxylic acids is 1. The van der Waals surface area contributed by atoms with Gasteiger partial charge in [0.15, 0.2) is 4.60 Å². The molecule has 1 amide bonds. The Morgan fingerprint density at radius 1 is 1.42 bits per heavy atom. The van der Waals surface area contributed by atoms with Gasteiger partial charge in [-0.15, -0.1) is 5.10 Å². The highest BCUT2D eigenvalue weighted by Crippen LogP contribution is 2.19. The molecule has 1 aliphatic rings. The molecule has 0 spiro atoms. The summed E-state index contributed by atoms with van der Waals surface area (Å²) in [4.78, 5) is 12.9. The highest BCUT2D eigenvalue weighted by Gasteiger charge is 2.30. The summed E-state index contributed by atoms with van der Waals surface area (Å²) in [7, 11) is -0.556. The lowest BCUT2D eigenvalue weighted by Crippen LogP contribution is -2.48. The van der Waals surface area contributed by atoms with Gasteiger partial charge in [-0.3, -0.25) is 4.79 Å². The SMILES string of the molecule is CN1CC(NS(=O)(=O)c2c(Br)nnn2C)CCC1=O.